The van der Waals surface area contributed by atoms with Crippen LogP contribution in [0.2, 0.25) is 0 Å². The van der Waals surface area contributed by atoms with E-state index in [-0.39, 0.29) is 22.6 Å². The maximum Gasteiger partial charge on any atom is 0.255 e. The zero-order valence-electron chi connectivity index (χ0n) is 17.0. The molecule has 3 fully saturated rings. The van der Waals surface area contributed by atoms with E-state index < -0.39 is 0 Å². The molecule has 0 aromatic carbocycles. The Morgan fingerprint density at radius 3 is 2.60 bits per heavy atom. The van der Waals surface area contributed by atoms with E-state index in [0.29, 0.717) is 18.7 Å². The SMILES string of the molecule is O=C(c1ccnnc1)N1CCC2(CC1)CN(Cc1cccnc1)C[C@@]21CCNC1=O. The smallest absolute Gasteiger partial charge is 0.255 e. The highest BCUT2D eigenvalue weighted by molar-refractivity contribution is 5.94. The molecule has 3 aliphatic rings. The van der Waals surface area contributed by atoms with Crippen molar-refractivity contribution < 1.29 is 9.59 Å². The molecule has 0 bridgehead atoms. The van der Waals surface area contributed by atoms with Crippen molar-refractivity contribution in [3.05, 3.63) is 54.1 Å². The number of hydrogen-bond acceptors (Lipinski definition) is 6. The van der Waals surface area contributed by atoms with Crippen LogP contribution in [-0.4, -0.2) is 69.5 Å². The van der Waals surface area contributed by atoms with Crippen LogP contribution in [0.3, 0.4) is 0 Å². The summed E-state index contributed by atoms with van der Waals surface area (Å²) >= 11 is 0. The average molecular weight is 406 g/mol. The van der Waals surface area contributed by atoms with Crippen molar-refractivity contribution in [2.75, 3.05) is 32.7 Å². The normalized spacial score (nSPS) is 25.7. The van der Waals surface area contributed by atoms with Gasteiger partial charge in [-0.3, -0.25) is 19.5 Å². The number of rotatable bonds is 3. The molecule has 30 heavy (non-hydrogen) atoms. The lowest BCUT2D eigenvalue weighted by Gasteiger charge is -2.46. The molecule has 2 spiro atoms. The van der Waals surface area contributed by atoms with Crippen molar-refractivity contribution in [3.8, 4) is 0 Å². The number of hydrogen-bond donors (Lipinski definition) is 1. The first kappa shape index (κ1) is 19.1. The quantitative estimate of drug-likeness (QED) is 0.821. The molecule has 5 heterocycles. The van der Waals surface area contributed by atoms with Gasteiger partial charge < -0.3 is 10.2 Å². The predicted molar refractivity (Wildman–Crippen MR) is 109 cm³/mol. The van der Waals surface area contributed by atoms with E-state index in [4.69, 9.17) is 0 Å². The van der Waals surface area contributed by atoms with Crippen LogP contribution in [0.4, 0.5) is 0 Å². The zero-order chi connectivity index (χ0) is 20.6. The van der Waals surface area contributed by atoms with Gasteiger partial charge in [-0.2, -0.15) is 10.2 Å². The van der Waals surface area contributed by atoms with Gasteiger partial charge in [-0.05, 0) is 37.0 Å². The number of carbonyl (C=O) groups is 2. The number of pyridine rings is 1. The largest absolute Gasteiger partial charge is 0.356 e. The van der Waals surface area contributed by atoms with Crippen LogP contribution in [0.25, 0.3) is 0 Å². The van der Waals surface area contributed by atoms with Gasteiger partial charge in [-0.25, -0.2) is 0 Å². The first-order valence-electron chi connectivity index (χ1n) is 10.6. The molecule has 1 N–H and O–H groups in total. The van der Waals surface area contributed by atoms with Crippen molar-refractivity contribution >= 4 is 11.8 Å². The molecular formula is C22H26N6O2. The minimum absolute atomic E-state index is 0.00473. The summed E-state index contributed by atoms with van der Waals surface area (Å²) in [7, 11) is 0. The second-order valence-corrected chi connectivity index (χ2v) is 8.80. The summed E-state index contributed by atoms with van der Waals surface area (Å²) in [5.41, 5.74) is 1.28. The lowest BCUT2D eigenvalue weighted by Crippen LogP contribution is -2.53. The molecule has 1 atom stereocenters. The Morgan fingerprint density at radius 1 is 1.07 bits per heavy atom. The molecule has 156 valence electrons. The van der Waals surface area contributed by atoms with Crippen molar-refractivity contribution in [2.45, 2.75) is 25.8 Å². The summed E-state index contributed by atoms with van der Waals surface area (Å²) in [5.74, 6) is 0.184. The third kappa shape index (κ3) is 3.06. The van der Waals surface area contributed by atoms with Gasteiger partial charge in [0.2, 0.25) is 5.91 Å². The first-order chi connectivity index (χ1) is 14.6. The Balaban J connectivity index is 1.35. The second-order valence-electron chi connectivity index (χ2n) is 8.80. The molecule has 2 aromatic heterocycles. The van der Waals surface area contributed by atoms with E-state index in [1.807, 2.05) is 17.2 Å². The summed E-state index contributed by atoms with van der Waals surface area (Å²) in [4.78, 5) is 34.4. The zero-order valence-corrected chi connectivity index (χ0v) is 17.0. The molecule has 5 rings (SSSR count). The lowest BCUT2D eigenvalue weighted by atomic mass is 9.60. The van der Waals surface area contributed by atoms with Gasteiger partial charge >= 0.3 is 0 Å². The molecule has 0 saturated carbocycles. The highest BCUT2D eigenvalue weighted by atomic mass is 16.2. The summed E-state index contributed by atoms with van der Waals surface area (Å²) < 4.78 is 0. The monoisotopic (exact) mass is 406 g/mol. The van der Waals surface area contributed by atoms with E-state index in [1.54, 1.807) is 18.5 Å². The van der Waals surface area contributed by atoms with Gasteiger partial charge in [0.15, 0.2) is 0 Å². The molecule has 2 aromatic rings. The van der Waals surface area contributed by atoms with Crippen LogP contribution >= 0.6 is 0 Å². The fourth-order valence-corrected chi connectivity index (χ4v) is 5.75. The minimum atomic E-state index is -0.359. The molecule has 3 aliphatic heterocycles. The Bertz CT molecular complexity index is 929. The summed E-state index contributed by atoms with van der Waals surface area (Å²) in [6, 6.07) is 5.75. The molecule has 0 unspecified atom stereocenters. The molecule has 2 amide bonds. The molecule has 0 aliphatic carbocycles. The average Bonchev–Trinajstić information content (AvgIpc) is 3.30. The molecule has 3 saturated heterocycles. The highest BCUT2D eigenvalue weighted by Crippen LogP contribution is 2.56. The number of likely N-dealkylation sites (tertiary alicyclic amines) is 2. The van der Waals surface area contributed by atoms with Gasteiger partial charge in [-0.1, -0.05) is 6.07 Å². The van der Waals surface area contributed by atoms with Gasteiger partial charge in [0.1, 0.15) is 0 Å². The number of amides is 2. The maximum atomic E-state index is 13.1. The van der Waals surface area contributed by atoms with Crippen LogP contribution in [-0.2, 0) is 11.3 Å². The number of nitrogens with one attached hydrogen (secondary N) is 1. The van der Waals surface area contributed by atoms with Gasteiger partial charge in [0.05, 0.1) is 23.4 Å². The first-order valence-corrected chi connectivity index (χ1v) is 10.6. The molecule has 0 radical (unpaired) electrons. The number of piperidine rings is 1. The van der Waals surface area contributed by atoms with E-state index in [0.717, 1.165) is 45.4 Å². The lowest BCUT2D eigenvalue weighted by molar-refractivity contribution is -0.133. The summed E-state index contributed by atoms with van der Waals surface area (Å²) in [6.45, 7) is 4.53. The van der Waals surface area contributed by atoms with Crippen molar-refractivity contribution in [1.82, 2.24) is 30.3 Å². The molecule has 8 nitrogen and oxygen atoms in total. The van der Waals surface area contributed by atoms with Crippen LogP contribution in [0, 0.1) is 10.8 Å². The van der Waals surface area contributed by atoms with Crippen LogP contribution in [0.1, 0.15) is 35.2 Å². The maximum absolute atomic E-state index is 13.1. The van der Waals surface area contributed by atoms with Gasteiger partial charge in [0, 0.05) is 57.1 Å². The summed E-state index contributed by atoms with van der Waals surface area (Å²) in [6.07, 6.45) is 9.30. The molecular weight excluding hydrogens is 380 g/mol. The second kappa shape index (κ2) is 7.43. The standard InChI is InChI=1S/C22H26N6O2/c29-19(18-3-8-25-26-13-18)28-10-5-21(6-11-28)15-27(14-17-2-1-7-23-12-17)16-22(21)4-9-24-20(22)30/h1-3,7-8,12-13H,4-6,9-11,14-16H2,(H,24,30)/t22-/m1/s1. The van der Waals surface area contributed by atoms with E-state index in [1.165, 1.54) is 11.8 Å². The minimum Gasteiger partial charge on any atom is -0.356 e. The van der Waals surface area contributed by atoms with E-state index in [2.05, 4.69) is 31.5 Å². The fourth-order valence-electron chi connectivity index (χ4n) is 5.75. The topological polar surface area (TPSA) is 91.3 Å². The summed E-state index contributed by atoms with van der Waals surface area (Å²) in [5, 5.41) is 10.7. The number of nitrogens with zero attached hydrogens (tertiary/aromatic N) is 5. The fraction of sp³-hybridized carbons (Fsp3) is 0.500. The number of carbonyl (C=O) groups excluding carboxylic acids is 2. The van der Waals surface area contributed by atoms with Crippen LogP contribution in [0.15, 0.2) is 43.0 Å². The van der Waals surface area contributed by atoms with Crippen LogP contribution in [0.5, 0.6) is 0 Å². The van der Waals surface area contributed by atoms with Crippen LogP contribution < -0.4 is 5.32 Å². The van der Waals surface area contributed by atoms with Crippen molar-refractivity contribution in [1.29, 1.82) is 0 Å². The van der Waals surface area contributed by atoms with E-state index >= 15 is 0 Å². The predicted octanol–water partition coefficient (Wildman–Crippen LogP) is 1.12. The highest BCUT2D eigenvalue weighted by Gasteiger charge is 2.63. The Hall–Kier alpha value is -2.87. The van der Waals surface area contributed by atoms with Crippen molar-refractivity contribution in [2.24, 2.45) is 10.8 Å². The molecule has 8 heteroatoms. The van der Waals surface area contributed by atoms with Crippen molar-refractivity contribution in [3.63, 3.8) is 0 Å². The van der Waals surface area contributed by atoms with Gasteiger partial charge in [0.25, 0.3) is 5.91 Å². The van der Waals surface area contributed by atoms with Gasteiger partial charge in [-0.15, -0.1) is 0 Å². The van der Waals surface area contributed by atoms with E-state index in [9.17, 15) is 9.59 Å². The third-order valence-corrected chi connectivity index (χ3v) is 7.27. The Kier molecular flexibility index (Phi) is 4.73. The number of aromatic nitrogens is 3. The Morgan fingerprint density at radius 2 is 1.93 bits per heavy atom. The number of fused-ring (bicyclic) bond motifs is 1. The Labute approximate surface area is 175 Å². The third-order valence-electron chi connectivity index (χ3n) is 7.27.